The van der Waals surface area contributed by atoms with E-state index in [9.17, 15) is 23.3 Å². The van der Waals surface area contributed by atoms with Gasteiger partial charge in [-0.05, 0) is 48.2 Å². The topological polar surface area (TPSA) is 124 Å². The van der Waals surface area contributed by atoms with Crippen LogP contribution in [0.2, 0.25) is 0 Å². The summed E-state index contributed by atoms with van der Waals surface area (Å²) in [6.07, 6.45) is 3.14. The summed E-state index contributed by atoms with van der Waals surface area (Å²) in [6, 6.07) is 7.38. The van der Waals surface area contributed by atoms with Crippen LogP contribution >= 0.6 is 0 Å². The van der Waals surface area contributed by atoms with Crippen molar-refractivity contribution in [3.8, 4) is 0 Å². The van der Waals surface area contributed by atoms with Crippen molar-refractivity contribution in [2.24, 2.45) is 4.99 Å². The molecule has 1 aliphatic rings. The first-order chi connectivity index (χ1) is 16.8. The number of nitrogens with one attached hydrogen (secondary N) is 2. The summed E-state index contributed by atoms with van der Waals surface area (Å²) in [7, 11) is 0.135. The number of rotatable bonds is 8. The second-order valence-electron chi connectivity index (χ2n) is 7.82. The number of halogens is 1. The van der Waals surface area contributed by atoms with Gasteiger partial charge in [0, 0.05) is 37.3 Å². The molecule has 1 fully saturated rings. The monoisotopic (exact) mass is 501 g/mol. The molecule has 0 bridgehead atoms. The Bertz CT molecular complexity index is 1270. The van der Waals surface area contributed by atoms with E-state index in [2.05, 4.69) is 27.2 Å². The van der Waals surface area contributed by atoms with Crippen LogP contribution in [0.1, 0.15) is 24.0 Å². The molecule has 11 heteroatoms. The van der Waals surface area contributed by atoms with Crippen molar-refractivity contribution < 1.29 is 23.3 Å². The predicted octanol–water partition coefficient (Wildman–Crippen LogP) is -0.506. The van der Waals surface area contributed by atoms with Gasteiger partial charge < -0.3 is 15.7 Å². The lowest BCUT2D eigenvalue weighted by Crippen LogP contribution is -2.40. The summed E-state index contributed by atoms with van der Waals surface area (Å²) in [4.78, 5) is 33.3. The smallest absolute Gasteiger partial charge is 0.268 e. The Morgan fingerprint density at radius 3 is 2.77 bits per heavy atom. The molecule has 35 heavy (non-hydrogen) atoms. The number of aromatic nitrogens is 1. The van der Waals surface area contributed by atoms with E-state index >= 15 is 0 Å². The quantitative estimate of drug-likeness (QED) is 0.421. The Morgan fingerprint density at radius 2 is 2.09 bits per heavy atom. The molecule has 0 radical (unpaired) electrons. The molecule has 1 saturated heterocycles. The number of aliphatic hydroxyl groups excluding tert-OH is 1. The normalized spacial score (nSPS) is 17.1. The van der Waals surface area contributed by atoms with Crippen LogP contribution in [0.3, 0.4) is 0 Å². The van der Waals surface area contributed by atoms with Crippen LogP contribution in [-0.2, 0) is 33.5 Å². The van der Waals surface area contributed by atoms with Crippen LogP contribution < -0.4 is 21.2 Å². The molecule has 2 aromatic rings. The average molecular weight is 502 g/mol. The maximum atomic E-state index is 13.7. The molecule has 1 aromatic carbocycles. The number of aliphatic imine (C=N–C) groups is 1. The largest absolute Gasteiger partial charge is 0.390 e. The number of amides is 2. The number of carbonyl (C=O) groups excluding carboxylic acids is 2. The lowest BCUT2D eigenvalue weighted by Gasteiger charge is -2.27. The Morgan fingerprint density at radius 1 is 1.29 bits per heavy atom. The molecule has 1 aromatic heterocycles. The van der Waals surface area contributed by atoms with E-state index in [1.54, 1.807) is 22.6 Å². The molecule has 0 saturated carbocycles. The molecule has 3 rings (SSSR count). The van der Waals surface area contributed by atoms with E-state index < -0.39 is 29.3 Å². The van der Waals surface area contributed by atoms with Crippen LogP contribution in [-0.4, -0.2) is 62.1 Å². The fraction of sp³-hybridized carbons (Fsp3) is 0.333. The van der Waals surface area contributed by atoms with Gasteiger partial charge in [-0.2, -0.15) is 0 Å². The van der Waals surface area contributed by atoms with Crippen molar-refractivity contribution in [1.82, 2.24) is 19.9 Å². The second-order valence-corrected chi connectivity index (χ2v) is 9.31. The number of nitrogens with zero attached hydrogens (tertiary/aromatic N) is 3. The lowest BCUT2D eigenvalue weighted by molar-refractivity contribution is -0.120. The predicted molar refractivity (Wildman–Crippen MR) is 132 cm³/mol. The van der Waals surface area contributed by atoms with Gasteiger partial charge in [-0.25, -0.2) is 13.6 Å². The highest BCUT2D eigenvalue weighted by molar-refractivity contribution is 7.83. The number of aliphatic hydroxyl groups is 1. The van der Waals surface area contributed by atoms with Crippen LogP contribution in [0.5, 0.6) is 0 Å². The van der Waals surface area contributed by atoms with Gasteiger partial charge in [-0.1, -0.05) is 12.6 Å². The van der Waals surface area contributed by atoms with Gasteiger partial charge in [0.2, 0.25) is 5.91 Å². The third-order valence-electron chi connectivity index (χ3n) is 5.43. The number of benzene rings is 1. The second kappa shape index (κ2) is 12.3. The zero-order valence-corrected chi connectivity index (χ0v) is 20.2. The Hall–Kier alpha value is -3.44. The van der Waals surface area contributed by atoms with Crippen LogP contribution in [0.4, 0.5) is 4.39 Å². The van der Waals surface area contributed by atoms with Gasteiger partial charge in [0.05, 0.1) is 18.4 Å². The van der Waals surface area contributed by atoms with Crippen molar-refractivity contribution >= 4 is 40.9 Å². The zero-order valence-electron chi connectivity index (χ0n) is 19.4. The number of carbonyl (C=O) groups is 2. The van der Waals surface area contributed by atoms with Crippen molar-refractivity contribution in [2.45, 2.75) is 25.8 Å². The maximum absolute atomic E-state index is 13.7. The Labute approximate surface area is 205 Å². The van der Waals surface area contributed by atoms with Gasteiger partial charge >= 0.3 is 0 Å². The van der Waals surface area contributed by atoms with E-state index in [0.717, 1.165) is 12.8 Å². The lowest BCUT2D eigenvalue weighted by atomic mass is 10.0. The molecule has 0 aliphatic carbocycles. The molecule has 186 valence electrons. The Kier molecular flexibility index (Phi) is 9.21. The molecule has 1 aliphatic heterocycles. The van der Waals surface area contributed by atoms with Crippen LogP contribution in [0.25, 0.3) is 12.4 Å². The summed E-state index contributed by atoms with van der Waals surface area (Å²) in [5.41, 5.74) is 0.787. The molecule has 3 N–H and O–H groups in total. The highest BCUT2D eigenvalue weighted by Gasteiger charge is 2.23. The van der Waals surface area contributed by atoms with E-state index in [1.807, 2.05) is 0 Å². The summed E-state index contributed by atoms with van der Waals surface area (Å²) >= 11 is 0. The van der Waals surface area contributed by atoms with Gasteiger partial charge in [-0.15, -0.1) is 0 Å². The molecule has 2 heterocycles. The maximum Gasteiger partial charge on any atom is 0.268 e. The molecule has 9 nitrogen and oxygen atoms in total. The molecular formula is C24H28FN5O4S. The number of likely N-dealkylation sites (N-methyl/N-ethyl adjacent to an activating group) is 1. The van der Waals surface area contributed by atoms with Crippen LogP contribution in [0, 0.1) is 5.82 Å². The first-order valence-corrected chi connectivity index (χ1v) is 12.4. The summed E-state index contributed by atoms with van der Waals surface area (Å²) in [5, 5.41) is 16.0. The minimum Gasteiger partial charge on any atom is -0.390 e. The van der Waals surface area contributed by atoms with E-state index in [0.29, 0.717) is 34.0 Å². The van der Waals surface area contributed by atoms with E-state index in [1.165, 1.54) is 25.2 Å². The fourth-order valence-corrected chi connectivity index (χ4v) is 4.88. The third kappa shape index (κ3) is 6.80. The number of hydrogen-bond donors (Lipinski definition) is 3. The van der Waals surface area contributed by atoms with Gasteiger partial charge in [0.15, 0.2) is 0 Å². The van der Waals surface area contributed by atoms with Crippen molar-refractivity contribution in [3.05, 3.63) is 64.0 Å². The van der Waals surface area contributed by atoms with Crippen LogP contribution in [0.15, 0.2) is 41.5 Å². The first kappa shape index (κ1) is 26.2. The third-order valence-corrected chi connectivity index (χ3v) is 6.92. The zero-order chi connectivity index (χ0) is 25.4. The minimum atomic E-state index is -1.35. The van der Waals surface area contributed by atoms with Crippen molar-refractivity contribution in [2.75, 3.05) is 26.0 Å². The summed E-state index contributed by atoms with van der Waals surface area (Å²) < 4.78 is 28.0. The van der Waals surface area contributed by atoms with Gasteiger partial charge in [-0.3, -0.25) is 18.9 Å². The molecular weight excluding hydrogens is 473 g/mol. The summed E-state index contributed by atoms with van der Waals surface area (Å²) in [6.45, 7) is 3.70. The highest BCUT2D eigenvalue weighted by Crippen LogP contribution is 2.18. The summed E-state index contributed by atoms with van der Waals surface area (Å²) in [5.74, 6) is -0.730. The van der Waals surface area contributed by atoms with E-state index in [4.69, 9.17) is 0 Å². The standard InChI is InChI=1S/C24H28FN5O4S/c1-16-20(6-5-9-27-16)23(30-10-3-4-11-35(30)34)29-21(15-31)24(33)28-14-17-7-8-19(25)12-18(17)13-22(32)26-2/h5-9,12,31H,1,3-4,10-11,13-15H2,2H3,(H,26,32)(H,28,33)/b23-20+,29-21+. The molecule has 1 unspecified atom stereocenters. The molecule has 0 spiro atoms. The molecule has 1 atom stereocenters. The van der Waals surface area contributed by atoms with Crippen molar-refractivity contribution in [3.63, 3.8) is 0 Å². The first-order valence-electron chi connectivity index (χ1n) is 11.1. The molecule has 2 amide bonds. The Balaban J connectivity index is 1.92. The van der Waals surface area contributed by atoms with Crippen molar-refractivity contribution in [1.29, 1.82) is 0 Å². The minimum absolute atomic E-state index is 0.0110. The van der Waals surface area contributed by atoms with Gasteiger partial charge in [0.25, 0.3) is 5.91 Å². The van der Waals surface area contributed by atoms with E-state index in [-0.39, 0.29) is 30.4 Å². The SMILES string of the molecule is C=c1nccc/c1=C(/N=C(\CO)C(=O)NCc1ccc(F)cc1CC(=O)NC)N1CCCCS1=O. The average Bonchev–Trinajstić information content (AvgIpc) is 2.85. The number of pyridine rings is 1. The van der Waals surface area contributed by atoms with Gasteiger partial charge in [0.1, 0.15) is 28.3 Å². The highest BCUT2D eigenvalue weighted by atomic mass is 32.2. The number of hydrogen-bond acceptors (Lipinski definition) is 6. The fourth-order valence-electron chi connectivity index (χ4n) is 3.54.